The Bertz CT molecular complexity index is 716. The molecule has 1 aromatic carbocycles. The molecule has 2 fully saturated rings. The number of piperidine rings is 1. The predicted molar refractivity (Wildman–Crippen MR) is 106 cm³/mol. The fraction of sp³-hybridized carbons (Fsp3) is 0.571. The second-order valence-corrected chi connectivity index (χ2v) is 7.44. The van der Waals surface area contributed by atoms with Crippen molar-refractivity contribution in [1.29, 1.82) is 0 Å². The number of amides is 2. The second-order valence-electron chi connectivity index (χ2n) is 7.44. The van der Waals surface area contributed by atoms with Crippen LogP contribution in [0, 0.1) is 5.92 Å². The number of nitrogens with one attached hydrogen (secondary N) is 1. The number of methoxy groups -OCH3 is 1. The summed E-state index contributed by atoms with van der Waals surface area (Å²) in [5.41, 5.74) is 1.38. The Morgan fingerprint density at radius 3 is 2.59 bits per heavy atom. The van der Waals surface area contributed by atoms with Crippen LogP contribution >= 0.6 is 0 Å². The first-order valence-corrected chi connectivity index (χ1v) is 10.1. The average Bonchev–Trinajstić information content (AvgIpc) is 2.77. The maximum Gasteiger partial charge on any atom is 0.337 e. The SMILES string of the molecule is COC(=O)c1ccc(CNC(=O)[C@@H]2CCC(=O)N(CCN3CCOCC3)C2)cc1. The lowest BCUT2D eigenvalue weighted by atomic mass is 9.96. The highest BCUT2D eigenvalue weighted by molar-refractivity contribution is 5.89. The highest BCUT2D eigenvalue weighted by Gasteiger charge is 2.30. The van der Waals surface area contributed by atoms with Crippen LogP contribution in [0.25, 0.3) is 0 Å². The maximum absolute atomic E-state index is 12.6. The molecule has 0 aliphatic carbocycles. The minimum absolute atomic E-state index is 0.0362. The summed E-state index contributed by atoms with van der Waals surface area (Å²) in [4.78, 5) is 40.4. The fourth-order valence-electron chi connectivity index (χ4n) is 3.64. The van der Waals surface area contributed by atoms with Gasteiger partial charge in [-0.1, -0.05) is 12.1 Å². The number of carbonyl (C=O) groups excluding carboxylic acids is 3. The van der Waals surface area contributed by atoms with E-state index in [1.807, 2.05) is 4.90 Å². The summed E-state index contributed by atoms with van der Waals surface area (Å²) in [7, 11) is 1.34. The van der Waals surface area contributed by atoms with Crippen molar-refractivity contribution in [3.05, 3.63) is 35.4 Å². The fourth-order valence-corrected chi connectivity index (χ4v) is 3.64. The van der Waals surface area contributed by atoms with Crippen LogP contribution in [-0.2, 0) is 25.6 Å². The Morgan fingerprint density at radius 1 is 1.17 bits per heavy atom. The van der Waals surface area contributed by atoms with Gasteiger partial charge in [0, 0.05) is 45.7 Å². The van der Waals surface area contributed by atoms with Gasteiger partial charge >= 0.3 is 5.97 Å². The molecule has 0 bridgehead atoms. The molecule has 1 atom stereocenters. The van der Waals surface area contributed by atoms with E-state index >= 15 is 0 Å². The van der Waals surface area contributed by atoms with Gasteiger partial charge in [-0.05, 0) is 24.1 Å². The van der Waals surface area contributed by atoms with Crippen LogP contribution < -0.4 is 5.32 Å². The minimum Gasteiger partial charge on any atom is -0.465 e. The van der Waals surface area contributed by atoms with Crippen LogP contribution in [0.5, 0.6) is 0 Å². The molecule has 2 aliphatic heterocycles. The lowest BCUT2D eigenvalue weighted by Gasteiger charge is -2.34. The van der Waals surface area contributed by atoms with Gasteiger partial charge in [-0.3, -0.25) is 14.5 Å². The molecular weight excluding hydrogens is 374 g/mol. The van der Waals surface area contributed by atoms with Crippen molar-refractivity contribution in [2.24, 2.45) is 5.92 Å². The Morgan fingerprint density at radius 2 is 1.90 bits per heavy atom. The molecule has 2 heterocycles. The molecule has 3 rings (SSSR count). The normalized spacial score (nSPS) is 20.4. The number of hydrogen-bond acceptors (Lipinski definition) is 6. The van der Waals surface area contributed by atoms with Gasteiger partial charge in [-0.2, -0.15) is 0 Å². The number of morpholine rings is 1. The average molecular weight is 403 g/mol. The van der Waals surface area contributed by atoms with E-state index in [1.165, 1.54) is 7.11 Å². The summed E-state index contributed by atoms with van der Waals surface area (Å²) in [6.45, 7) is 5.57. The van der Waals surface area contributed by atoms with Crippen molar-refractivity contribution in [3.63, 3.8) is 0 Å². The number of nitrogens with zero attached hydrogens (tertiary/aromatic N) is 2. The van der Waals surface area contributed by atoms with E-state index < -0.39 is 0 Å². The first-order valence-electron chi connectivity index (χ1n) is 10.1. The predicted octanol–water partition coefficient (Wildman–Crippen LogP) is 0.660. The Hall–Kier alpha value is -2.45. The molecule has 2 aliphatic rings. The Labute approximate surface area is 171 Å². The second kappa shape index (κ2) is 10.4. The van der Waals surface area contributed by atoms with Gasteiger partial charge in [0.05, 0.1) is 31.8 Å². The topological polar surface area (TPSA) is 88.2 Å². The molecule has 0 unspecified atom stereocenters. The van der Waals surface area contributed by atoms with Crippen LogP contribution in [0.3, 0.4) is 0 Å². The molecule has 8 nitrogen and oxygen atoms in total. The molecule has 8 heteroatoms. The van der Waals surface area contributed by atoms with E-state index in [9.17, 15) is 14.4 Å². The van der Waals surface area contributed by atoms with E-state index in [0.29, 0.717) is 38.0 Å². The van der Waals surface area contributed by atoms with E-state index in [4.69, 9.17) is 4.74 Å². The van der Waals surface area contributed by atoms with Gasteiger partial charge in [0.1, 0.15) is 0 Å². The van der Waals surface area contributed by atoms with Crippen molar-refractivity contribution < 1.29 is 23.9 Å². The molecule has 2 amide bonds. The number of carbonyl (C=O) groups is 3. The molecule has 1 aromatic rings. The molecule has 1 N–H and O–H groups in total. The van der Waals surface area contributed by atoms with Gasteiger partial charge in [0.25, 0.3) is 0 Å². The summed E-state index contributed by atoms with van der Waals surface area (Å²) in [5.74, 6) is -0.483. The lowest BCUT2D eigenvalue weighted by Crippen LogP contribution is -2.49. The highest BCUT2D eigenvalue weighted by atomic mass is 16.5. The zero-order valence-electron chi connectivity index (χ0n) is 16.9. The van der Waals surface area contributed by atoms with Crippen LogP contribution in [0.1, 0.15) is 28.8 Å². The van der Waals surface area contributed by atoms with Crippen LogP contribution in [-0.4, -0.2) is 80.6 Å². The number of likely N-dealkylation sites (tertiary alicyclic amines) is 1. The molecule has 2 saturated heterocycles. The summed E-state index contributed by atoms with van der Waals surface area (Å²) in [6, 6.07) is 6.96. The molecule has 0 spiro atoms. The Balaban J connectivity index is 1.46. The van der Waals surface area contributed by atoms with E-state index in [2.05, 4.69) is 15.0 Å². The summed E-state index contributed by atoms with van der Waals surface area (Å²) in [6.07, 6.45) is 0.995. The van der Waals surface area contributed by atoms with Crippen LogP contribution in [0.2, 0.25) is 0 Å². The van der Waals surface area contributed by atoms with Crippen molar-refractivity contribution in [2.75, 3.05) is 53.0 Å². The minimum atomic E-state index is -0.385. The third kappa shape index (κ3) is 6.01. The summed E-state index contributed by atoms with van der Waals surface area (Å²) in [5, 5.41) is 2.95. The third-order valence-electron chi connectivity index (χ3n) is 5.50. The quantitative estimate of drug-likeness (QED) is 0.673. The standard InChI is InChI=1S/C21H29N3O5/c1-28-21(27)17-4-2-16(3-5-17)14-22-20(26)18-6-7-19(25)24(15-18)9-8-23-10-12-29-13-11-23/h2-5,18H,6-15H2,1H3,(H,22,26)/t18-/m1/s1. The first kappa shape index (κ1) is 21.3. The van der Waals surface area contributed by atoms with Gasteiger partial charge in [0.15, 0.2) is 0 Å². The van der Waals surface area contributed by atoms with E-state index in [0.717, 1.165) is 38.4 Å². The zero-order chi connectivity index (χ0) is 20.6. The molecule has 0 saturated carbocycles. The zero-order valence-corrected chi connectivity index (χ0v) is 16.9. The number of benzene rings is 1. The van der Waals surface area contributed by atoms with Crippen LogP contribution in [0.15, 0.2) is 24.3 Å². The molecule has 158 valence electrons. The largest absolute Gasteiger partial charge is 0.465 e. The number of rotatable bonds is 7. The van der Waals surface area contributed by atoms with E-state index in [1.54, 1.807) is 24.3 Å². The molecule has 29 heavy (non-hydrogen) atoms. The third-order valence-corrected chi connectivity index (χ3v) is 5.50. The van der Waals surface area contributed by atoms with Gasteiger partial charge in [0.2, 0.25) is 11.8 Å². The molecular formula is C21H29N3O5. The smallest absolute Gasteiger partial charge is 0.337 e. The number of esters is 1. The molecule has 0 radical (unpaired) electrons. The van der Waals surface area contributed by atoms with Gasteiger partial charge in [-0.15, -0.1) is 0 Å². The lowest BCUT2D eigenvalue weighted by molar-refractivity contribution is -0.138. The van der Waals surface area contributed by atoms with E-state index in [-0.39, 0.29) is 23.7 Å². The highest BCUT2D eigenvalue weighted by Crippen LogP contribution is 2.18. The monoisotopic (exact) mass is 403 g/mol. The number of hydrogen-bond donors (Lipinski definition) is 1. The summed E-state index contributed by atoms with van der Waals surface area (Å²) >= 11 is 0. The van der Waals surface area contributed by atoms with Crippen molar-refractivity contribution >= 4 is 17.8 Å². The van der Waals surface area contributed by atoms with Crippen molar-refractivity contribution in [1.82, 2.24) is 15.1 Å². The molecule has 0 aromatic heterocycles. The summed E-state index contributed by atoms with van der Waals surface area (Å²) < 4.78 is 10.0. The Kier molecular flexibility index (Phi) is 7.60. The maximum atomic E-state index is 12.6. The first-order chi connectivity index (χ1) is 14.1. The van der Waals surface area contributed by atoms with Gasteiger partial charge < -0.3 is 19.7 Å². The van der Waals surface area contributed by atoms with Crippen LogP contribution in [0.4, 0.5) is 0 Å². The van der Waals surface area contributed by atoms with Crippen molar-refractivity contribution in [3.8, 4) is 0 Å². The van der Waals surface area contributed by atoms with Crippen molar-refractivity contribution in [2.45, 2.75) is 19.4 Å². The number of ether oxygens (including phenoxy) is 2. The van der Waals surface area contributed by atoms with Gasteiger partial charge in [-0.25, -0.2) is 4.79 Å².